The molecule has 0 aliphatic heterocycles. The first-order valence-electron chi connectivity index (χ1n) is 4.92. The maximum Gasteiger partial charge on any atom is -0.0602 e. The maximum atomic E-state index is 5.46. The minimum atomic E-state index is -0.0626. The van der Waals surface area contributed by atoms with Gasteiger partial charge in [-0.3, -0.25) is 0 Å². The Morgan fingerprint density at radius 1 is 0.733 bits per heavy atom. The van der Waals surface area contributed by atoms with E-state index < -0.39 is 0 Å². The molecule has 0 spiro atoms. The van der Waals surface area contributed by atoms with Gasteiger partial charge in [0.05, 0.1) is 0 Å². The van der Waals surface area contributed by atoms with E-state index in [4.69, 9.17) is 5.84 Å². The molecule has 0 amide bonds. The van der Waals surface area contributed by atoms with Crippen molar-refractivity contribution in [3.05, 3.63) is 77.2 Å². The summed E-state index contributed by atoms with van der Waals surface area (Å²) < 4.78 is 0. The van der Waals surface area contributed by atoms with Crippen molar-refractivity contribution in [1.29, 1.82) is 0 Å². The lowest BCUT2D eigenvalue weighted by atomic mass is 10.00. The zero-order valence-electron chi connectivity index (χ0n) is 8.38. The van der Waals surface area contributed by atoms with Gasteiger partial charge in [0.25, 0.3) is 0 Å². The normalized spacial score (nSPS) is 10.5. The van der Waals surface area contributed by atoms with Crippen LogP contribution in [0.4, 0.5) is 0 Å². The summed E-state index contributed by atoms with van der Waals surface area (Å²) in [6.07, 6.45) is 0. The summed E-state index contributed by atoms with van der Waals surface area (Å²) in [6.45, 7) is 0. The predicted molar refractivity (Wildman–Crippen MR) is 62.3 cm³/mol. The van der Waals surface area contributed by atoms with Gasteiger partial charge in [-0.15, -0.1) is 0 Å². The summed E-state index contributed by atoms with van der Waals surface area (Å²) in [7, 11) is 0. The number of nitrogens with two attached hydrogens (primary N) is 1. The first kappa shape index (κ1) is 9.90. The summed E-state index contributed by atoms with van der Waals surface area (Å²) >= 11 is 0. The highest BCUT2D eigenvalue weighted by Gasteiger charge is 2.01. The highest BCUT2D eigenvalue weighted by atomic mass is 15.2. The van der Waals surface area contributed by atoms with Gasteiger partial charge in [0.2, 0.25) is 0 Å². The Kier molecular flexibility index (Phi) is 3.12. The van der Waals surface area contributed by atoms with E-state index in [0.29, 0.717) is 0 Å². The molecule has 0 radical (unpaired) electrons. The maximum absolute atomic E-state index is 5.46. The van der Waals surface area contributed by atoms with Crippen LogP contribution in [0.15, 0.2) is 60.7 Å². The van der Waals surface area contributed by atoms with Gasteiger partial charge in [0.15, 0.2) is 0 Å². The molecule has 0 heterocycles. The molecule has 0 aliphatic carbocycles. The molecule has 0 bridgehead atoms. The molecule has 0 fully saturated rings. The minimum absolute atomic E-state index is 0.0626. The topological polar surface area (TPSA) is 40.1 Å². The summed E-state index contributed by atoms with van der Waals surface area (Å²) in [5, 5.41) is 0. The van der Waals surface area contributed by atoms with Crippen LogP contribution in [-0.4, -0.2) is 0 Å². The van der Waals surface area contributed by atoms with E-state index in [0.717, 1.165) is 11.1 Å². The summed E-state index contributed by atoms with van der Waals surface area (Å²) in [5.74, 6) is 5.46. The molecular weight excluding hydrogens is 184 g/mol. The molecule has 0 aliphatic rings. The largest absolute Gasteiger partial charge is 0.590 e. The zero-order valence-corrected chi connectivity index (χ0v) is 8.38. The smallest absolute Gasteiger partial charge is 0.0602 e. The van der Waals surface area contributed by atoms with Gasteiger partial charge in [-0.1, -0.05) is 77.8 Å². The highest BCUT2D eigenvalue weighted by molar-refractivity contribution is 5.35. The molecule has 2 N–H and O–H groups in total. The zero-order chi connectivity index (χ0) is 10.5. The SMILES string of the molecule is N[N-]C(c1ccccc1)c1ccccc1. The molecule has 2 nitrogen and oxygen atoms in total. The van der Waals surface area contributed by atoms with Gasteiger partial charge >= 0.3 is 0 Å². The van der Waals surface area contributed by atoms with Gasteiger partial charge in [0, 0.05) is 0 Å². The Morgan fingerprint density at radius 3 is 1.47 bits per heavy atom. The molecule has 2 rings (SSSR count). The molecule has 76 valence electrons. The van der Waals surface area contributed by atoms with Crippen molar-refractivity contribution in [3.63, 3.8) is 0 Å². The second-order valence-corrected chi connectivity index (χ2v) is 3.37. The van der Waals surface area contributed by atoms with E-state index in [1.807, 2.05) is 60.7 Å². The van der Waals surface area contributed by atoms with Crippen molar-refractivity contribution in [2.24, 2.45) is 5.84 Å². The Morgan fingerprint density at radius 2 is 1.13 bits per heavy atom. The Balaban J connectivity index is 2.34. The quantitative estimate of drug-likeness (QED) is 0.596. The third-order valence-electron chi connectivity index (χ3n) is 2.38. The Bertz CT molecular complexity index is 358. The third-order valence-corrected chi connectivity index (χ3v) is 2.38. The number of benzene rings is 2. The van der Waals surface area contributed by atoms with Crippen LogP contribution in [0, 0.1) is 0 Å². The van der Waals surface area contributed by atoms with Crippen LogP contribution in [0.5, 0.6) is 0 Å². The van der Waals surface area contributed by atoms with Crippen LogP contribution in [0.1, 0.15) is 17.2 Å². The molecule has 0 saturated heterocycles. The van der Waals surface area contributed by atoms with Crippen molar-refractivity contribution in [2.75, 3.05) is 0 Å². The fraction of sp³-hybridized carbons (Fsp3) is 0.0769. The van der Waals surface area contributed by atoms with E-state index in [1.54, 1.807) is 0 Å². The predicted octanol–water partition coefficient (Wildman–Crippen LogP) is 3.02. The van der Waals surface area contributed by atoms with E-state index in [-0.39, 0.29) is 6.04 Å². The fourth-order valence-corrected chi connectivity index (χ4v) is 1.64. The van der Waals surface area contributed by atoms with Crippen molar-refractivity contribution >= 4 is 0 Å². The van der Waals surface area contributed by atoms with Gasteiger partial charge in [-0.2, -0.15) is 0 Å². The van der Waals surface area contributed by atoms with E-state index >= 15 is 0 Å². The molecule has 2 aromatic carbocycles. The van der Waals surface area contributed by atoms with Crippen LogP contribution in [0.2, 0.25) is 0 Å². The molecule has 0 atom stereocenters. The Labute approximate surface area is 89.7 Å². The third kappa shape index (κ3) is 2.24. The number of nitrogens with zero attached hydrogens (tertiary/aromatic N) is 1. The second-order valence-electron chi connectivity index (χ2n) is 3.37. The molecular formula is C13H13N2-. The summed E-state index contributed by atoms with van der Waals surface area (Å²) in [4.78, 5) is 0. The van der Waals surface area contributed by atoms with Crippen molar-refractivity contribution in [1.82, 2.24) is 0 Å². The van der Waals surface area contributed by atoms with E-state index in [1.165, 1.54) is 0 Å². The van der Waals surface area contributed by atoms with Crippen LogP contribution >= 0.6 is 0 Å². The number of hydrogen-bond acceptors (Lipinski definition) is 1. The van der Waals surface area contributed by atoms with Gasteiger partial charge in [-0.05, 0) is 0 Å². The van der Waals surface area contributed by atoms with Crippen molar-refractivity contribution in [3.8, 4) is 0 Å². The van der Waals surface area contributed by atoms with Crippen LogP contribution in [-0.2, 0) is 0 Å². The molecule has 0 aromatic heterocycles. The van der Waals surface area contributed by atoms with E-state index in [9.17, 15) is 0 Å². The molecule has 0 unspecified atom stereocenters. The average Bonchev–Trinajstić information content (AvgIpc) is 2.33. The summed E-state index contributed by atoms with van der Waals surface area (Å²) in [6, 6.07) is 20.0. The summed E-state index contributed by atoms with van der Waals surface area (Å²) in [5.41, 5.74) is 6.16. The first-order chi connectivity index (χ1) is 7.42. The highest BCUT2D eigenvalue weighted by Crippen LogP contribution is 2.26. The molecule has 0 saturated carbocycles. The van der Waals surface area contributed by atoms with E-state index in [2.05, 4.69) is 5.43 Å². The van der Waals surface area contributed by atoms with Crippen molar-refractivity contribution in [2.45, 2.75) is 6.04 Å². The lowest BCUT2D eigenvalue weighted by molar-refractivity contribution is 0.940. The van der Waals surface area contributed by atoms with Crippen molar-refractivity contribution < 1.29 is 0 Å². The van der Waals surface area contributed by atoms with Crippen LogP contribution in [0.3, 0.4) is 0 Å². The van der Waals surface area contributed by atoms with Gasteiger partial charge < -0.3 is 11.3 Å². The van der Waals surface area contributed by atoms with Gasteiger partial charge in [-0.25, -0.2) is 0 Å². The molecule has 15 heavy (non-hydrogen) atoms. The first-order valence-corrected chi connectivity index (χ1v) is 4.92. The van der Waals surface area contributed by atoms with Crippen LogP contribution < -0.4 is 5.84 Å². The number of hydrogen-bond donors (Lipinski definition) is 1. The number of rotatable bonds is 3. The standard InChI is InChI=1S/C13H13N2/c14-15-13(11-7-3-1-4-8-11)12-9-5-2-6-10-12/h1-10,13H,14H2/q-1. The average molecular weight is 197 g/mol. The second kappa shape index (κ2) is 4.73. The van der Waals surface area contributed by atoms with Crippen LogP contribution in [0.25, 0.3) is 5.43 Å². The fourth-order valence-electron chi connectivity index (χ4n) is 1.64. The lowest BCUT2D eigenvalue weighted by Crippen LogP contribution is -2.03. The Hall–Kier alpha value is -1.64. The van der Waals surface area contributed by atoms with Gasteiger partial charge in [0.1, 0.15) is 0 Å². The monoisotopic (exact) mass is 197 g/mol. The minimum Gasteiger partial charge on any atom is -0.590 e. The molecule has 2 aromatic rings. The molecule has 2 heteroatoms. The lowest BCUT2D eigenvalue weighted by Gasteiger charge is -2.28.